The van der Waals surface area contributed by atoms with Gasteiger partial charge in [-0.25, -0.2) is 0 Å². The first-order valence-electron chi connectivity index (χ1n) is 10.9. The summed E-state index contributed by atoms with van der Waals surface area (Å²) in [6.45, 7) is 9.02. The van der Waals surface area contributed by atoms with Crippen molar-refractivity contribution < 1.29 is 4.74 Å². The second kappa shape index (κ2) is 11.6. The van der Waals surface area contributed by atoms with Gasteiger partial charge in [0.2, 0.25) is 0 Å². The van der Waals surface area contributed by atoms with Crippen molar-refractivity contribution in [2.75, 3.05) is 13.2 Å². The van der Waals surface area contributed by atoms with Crippen molar-refractivity contribution in [1.82, 2.24) is 0 Å². The number of benzene rings is 1. The van der Waals surface area contributed by atoms with Gasteiger partial charge in [-0.05, 0) is 0 Å². The van der Waals surface area contributed by atoms with Gasteiger partial charge >= 0.3 is 161 Å². The summed E-state index contributed by atoms with van der Waals surface area (Å²) < 4.78 is 12.1. The van der Waals surface area contributed by atoms with E-state index in [9.17, 15) is 0 Å². The van der Waals surface area contributed by atoms with Crippen LogP contribution in [0.25, 0.3) is 0 Å². The minimum atomic E-state index is -2.22. The van der Waals surface area contributed by atoms with Gasteiger partial charge in [0.25, 0.3) is 0 Å². The summed E-state index contributed by atoms with van der Waals surface area (Å²) in [6.07, 6.45) is 10.9. The SMILES string of the molecule is CCC[CH2][Sn]([CH2]CCC)([CH2]CCC)[c]1ccc(CC2CCOC2)cc1. The van der Waals surface area contributed by atoms with Crippen LogP contribution < -0.4 is 3.58 Å². The average Bonchev–Trinajstić information content (AvgIpc) is 3.15. The molecule has 1 aliphatic rings. The van der Waals surface area contributed by atoms with Crippen molar-refractivity contribution in [2.24, 2.45) is 5.92 Å². The predicted molar refractivity (Wildman–Crippen MR) is 114 cm³/mol. The molecule has 25 heavy (non-hydrogen) atoms. The molecule has 1 heterocycles. The Labute approximate surface area is 160 Å². The molecule has 142 valence electrons. The van der Waals surface area contributed by atoms with E-state index in [1.807, 2.05) is 3.58 Å². The van der Waals surface area contributed by atoms with Crippen molar-refractivity contribution in [1.29, 1.82) is 0 Å². The van der Waals surface area contributed by atoms with E-state index in [4.69, 9.17) is 4.74 Å². The normalized spacial score (nSPS) is 18.0. The molecule has 1 nitrogen and oxygen atoms in total. The molecule has 1 saturated heterocycles. The molecular formula is C23H40OSn. The first-order chi connectivity index (χ1) is 12.2. The van der Waals surface area contributed by atoms with Crippen LogP contribution in [0, 0.1) is 5.92 Å². The van der Waals surface area contributed by atoms with Crippen LogP contribution in [0.4, 0.5) is 0 Å². The van der Waals surface area contributed by atoms with E-state index in [2.05, 4.69) is 45.0 Å². The summed E-state index contributed by atoms with van der Waals surface area (Å²) in [5.74, 6) is 0.749. The maximum atomic E-state index is 5.55. The molecule has 0 spiro atoms. The molecule has 0 aromatic heterocycles. The first-order valence-corrected chi connectivity index (χ1v) is 18.4. The van der Waals surface area contributed by atoms with Crippen LogP contribution in [0.5, 0.6) is 0 Å². The molecular weight excluding hydrogens is 411 g/mol. The fraction of sp³-hybridized carbons (Fsp3) is 0.739. The molecule has 0 radical (unpaired) electrons. The van der Waals surface area contributed by atoms with Gasteiger partial charge in [0.1, 0.15) is 0 Å². The zero-order valence-corrected chi connectivity index (χ0v) is 19.8. The molecule has 1 aromatic rings. The second-order valence-electron chi connectivity index (χ2n) is 8.22. The number of hydrogen-bond acceptors (Lipinski definition) is 1. The van der Waals surface area contributed by atoms with Gasteiger partial charge in [-0.3, -0.25) is 0 Å². The van der Waals surface area contributed by atoms with Gasteiger partial charge in [-0.1, -0.05) is 0 Å². The summed E-state index contributed by atoms with van der Waals surface area (Å²) >= 11 is -2.22. The molecule has 1 unspecified atom stereocenters. The van der Waals surface area contributed by atoms with E-state index in [0.29, 0.717) is 0 Å². The first kappa shape index (κ1) is 21.3. The van der Waals surface area contributed by atoms with Crippen molar-refractivity contribution in [3.05, 3.63) is 29.8 Å². The topological polar surface area (TPSA) is 9.23 Å². The maximum absolute atomic E-state index is 5.55. The summed E-state index contributed by atoms with van der Waals surface area (Å²) in [5.41, 5.74) is 1.53. The second-order valence-corrected chi connectivity index (χ2v) is 21.5. The van der Waals surface area contributed by atoms with E-state index >= 15 is 0 Å². The van der Waals surface area contributed by atoms with Gasteiger partial charge < -0.3 is 0 Å². The van der Waals surface area contributed by atoms with Gasteiger partial charge in [-0.15, -0.1) is 0 Å². The zero-order chi connectivity index (χ0) is 18.0. The molecule has 0 amide bonds. The van der Waals surface area contributed by atoms with Crippen LogP contribution in [0.3, 0.4) is 0 Å². The van der Waals surface area contributed by atoms with Crippen molar-refractivity contribution in [3.63, 3.8) is 0 Å². The standard InChI is InChI=1S/C11H13O.3C4H9.Sn/c1-2-4-10(5-3-1)8-11-6-7-12-9-11;3*1-3-4-2;/h2-5,11H,6-9H2;3*1,3-4H2,2H3;. The van der Waals surface area contributed by atoms with Gasteiger partial charge in [0.05, 0.1) is 0 Å². The molecule has 0 aliphatic carbocycles. The van der Waals surface area contributed by atoms with E-state index < -0.39 is 18.4 Å². The summed E-state index contributed by atoms with van der Waals surface area (Å²) in [6, 6.07) is 10.0. The Hall–Kier alpha value is -0.0213. The molecule has 1 aliphatic heterocycles. The Kier molecular flexibility index (Phi) is 9.91. The average molecular weight is 451 g/mol. The molecule has 1 fully saturated rings. The quantitative estimate of drug-likeness (QED) is 0.338. The molecule has 0 bridgehead atoms. The number of hydrogen-bond donors (Lipinski definition) is 0. The van der Waals surface area contributed by atoms with Crippen LogP contribution >= 0.6 is 0 Å². The minimum absolute atomic E-state index is 0.749. The molecule has 1 atom stereocenters. The predicted octanol–water partition coefficient (Wildman–Crippen LogP) is 6.32. The molecule has 1 aromatic carbocycles. The molecule has 2 heteroatoms. The van der Waals surface area contributed by atoms with Crippen molar-refractivity contribution in [2.45, 2.75) is 85.4 Å². The van der Waals surface area contributed by atoms with E-state index in [-0.39, 0.29) is 0 Å². The Bertz CT molecular complexity index is 440. The number of rotatable bonds is 12. The van der Waals surface area contributed by atoms with Crippen LogP contribution in [0.1, 0.15) is 71.3 Å². The Balaban J connectivity index is 2.14. The van der Waals surface area contributed by atoms with Crippen molar-refractivity contribution in [3.8, 4) is 0 Å². The Morgan fingerprint density at radius 1 is 0.880 bits per heavy atom. The number of unbranched alkanes of at least 4 members (excludes halogenated alkanes) is 3. The molecule has 0 saturated carbocycles. The van der Waals surface area contributed by atoms with Gasteiger partial charge in [-0.2, -0.15) is 0 Å². The third-order valence-corrected chi connectivity index (χ3v) is 21.8. The fourth-order valence-electron chi connectivity index (χ4n) is 4.43. The monoisotopic (exact) mass is 452 g/mol. The summed E-state index contributed by atoms with van der Waals surface area (Å²) in [4.78, 5) is 0. The van der Waals surface area contributed by atoms with Gasteiger partial charge in [0, 0.05) is 0 Å². The fourth-order valence-corrected chi connectivity index (χ4v) is 20.4. The van der Waals surface area contributed by atoms with Crippen LogP contribution in [0.2, 0.25) is 13.3 Å². The van der Waals surface area contributed by atoms with Crippen molar-refractivity contribution >= 4 is 22.0 Å². The third-order valence-electron chi connectivity index (χ3n) is 6.14. The van der Waals surface area contributed by atoms with Crippen LogP contribution in [-0.2, 0) is 11.2 Å². The Morgan fingerprint density at radius 3 is 1.88 bits per heavy atom. The number of ether oxygens (including phenoxy) is 1. The third kappa shape index (κ3) is 6.57. The summed E-state index contributed by atoms with van der Waals surface area (Å²) in [7, 11) is 0. The molecule has 2 rings (SSSR count). The van der Waals surface area contributed by atoms with E-state index in [1.54, 1.807) is 13.3 Å². The molecule has 0 N–H and O–H groups in total. The van der Waals surface area contributed by atoms with Gasteiger partial charge in [0.15, 0.2) is 0 Å². The van der Waals surface area contributed by atoms with Crippen LogP contribution in [-0.4, -0.2) is 31.6 Å². The summed E-state index contributed by atoms with van der Waals surface area (Å²) in [5, 5.41) is 0. The Morgan fingerprint density at radius 2 is 1.44 bits per heavy atom. The zero-order valence-electron chi connectivity index (χ0n) is 17.0. The van der Waals surface area contributed by atoms with E-state index in [1.165, 1.54) is 56.9 Å². The van der Waals surface area contributed by atoms with Crippen LogP contribution in [0.15, 0.2) is 24.3 Å². The van der Waals surface area contributed by atoms with E-state index in [0.717, 1.165) is 19.1 Å².